The third-order valence-electron chi connectivity index (χ3n) is 5.00. The summed E-state index contributed by atoms with van der Waals surface area (Å²) in [6.45, 7) is 5.15. The minimum Gasteiger partial charge on any atom is -0.457 e. The first-order valence-corrected chi connectivity index (χ1v) is 10.7. The van der Waals surface area contributed by atoms with Crippen LogP contribution in [0.3, 0.4) is 0 Å². The minimum absolute atomic E-state index is 0.0229. The Balaban J connectivity index is 1.64. The highest BCUT2D eigenvalue weighted by atomic mass is 19.1. The average Bonchev–Trinajstić information content (AvgIpc) is 2.78. The molecule has 3 aromatic heterocycles. The molecule has 1 aromatic carbocycles. The molecule has 0 bridgehead atoms. The zero-order chi connectivity index (χ0) is 24.4. The van der Waals surface area contributed by atoms with Gasteiger partial charge in [0.15, 0.2) is 5.82 Å². The molecule has 4 rings (SSSR count). The molecule has 0 saturated carbocycles. The summed E-state index contributed by atoms with van der Waals surface area (Å²) < 4.78 is 21.9. The zero-order valence-corrected chi connectivity index (χ0v) is 19.2. The maximum Gasteiger partial charge on any atom is 0.261 e. The van der Waals surface area contributed by atoms with Crippen molar-refractivity contribution >= 4 is 28.4 Å². The second kappa shape index (κ2) is 9.30. The number of hydrogen-bond donors (Lipinski definition) is 2. The molecule has 0 saturated heterocycles. The number of amides is 1. The van der Waals surface area contributed by atoms with Crippen molar-refractivity contribution in [3.63, 3.8) is 0 Å². The largest absolute Gasteiger partial charge is 0.457 e. The highest BCUT2D eigenvalue weighted by Gasteiger charge is 2.16. The Labute approximate surface area is 195 Å². The van der Waals surface area contributed by atoms with Gasteiger partial charge in [-0.1, -0.05) is 6.07 Å². The Morgan fingerprint density at radius 2 is 1.85 bits per heavy atom. The fourth-order valence-corrected chi connectivity index (χ4v) is 3.50. The highest BCUT2D eigenvalue weighted by molar-refractivity contribution is 5.87. The van der Waals surface area contributed by atoms with Gasteiger partial charge in [-0.25, -0.2) is 14.4 Å². The molecule has 8 nitrogen and oxygen atoms in total. The Kier molecular flexibility index (Phi) is 6.27. The van der Waals surface area contributed by atoms with E-state index in [1.54, 1.807) is 42.5 Å². The van der Waals surface area contributed by atoms with Crippen molar-refractivity contribution in [3.8, 4) is 22.8 Å². The van der Waals surface area contributed by atoms with Gasteiger partial charge in [-0.15, -0.1) is 0 Å². The van der Waals surface area contributed by atoms with E-state index in [2.05, 4.69) is 20.6 Å². The standard InChI is InChI=1S/C25H24FN5O3/c1-14(2)28-24-20(26)13-19(25(33)31(24)4)22-7-5-16-11-17(6-8-21(16)30-22)34-18-9-10-27-23(12-18)29-15(3)32/h5-14,28H,1-4H3,(H,27,29,32). The number of carbonyl (C=O) groups excluding carboxylic acids is 1. The van der Waals surface area contributed by atoms with Crippen molar-refractivity contribution in [2.45, 2.75) is 26.8 Å². The predicted molar refractivity (Wildman–Crippen MR) is 130 cm³/mol. The Hall–Kier alpha value is -4.27. The summed E-state index contributed by atoms with van der Waals surface area (Å²) in [5.74, 6) is 0.861. The third kappa shape index (κ3) is 4.88. The number of fused-ring (bicyclic) bond motifs is 1. The monoisotopic (exact) mass is 461 g/mol. The number of halogens is 1. The second-order valence-electron chi connectivity index (χ2n) is 8.13. The molecule has 0 radical (unpaired) electrons. The summed E-state index contributed by atoms with van der Waals surface area (Å²) in [6.07, 6.45) is 1.54. The van der Waals surface area contributed by atoms with E-state index in [1.165, 1.54) is 30.8 Å². The lowest BCUT2D eigenvalue weighted by Crippen LogP contribution is -2.26. The Morgan fingerprint density at radius 1 is 1.09 bits per heavy atom. The molecule has 0 fully saturated rings. The number of pyridine rings is 3. The first-order chi connectivity index (χ1) is 16.2. The normalized spacial score (nSPS) is 11.0. The molecule has 34 heavy (non-hydrogen) atoms. The van der Waals surface area contributed by atoms with Crippen molar-refractivity contribution in [3.05, 3.63) is 70.9 Å². The predicted octanol–water partition coefficient (Wildman–Crippen LogP) is 4.71. The fourth-order valence-electron chi connectivity index (χ4n) is 3.50. The van der Waals surface area contributed by atoms with Crippen molar-refractivity contribution in [2.24, 2.45) is 7.05 Å². The van der Waals surface area contributed by atoms with Gasteiger partial charge in [-0.05, 0) is 50.2 Å². The van der Waals surface area contributed by atoms with Crippen LogP contribution in [-0.4, -0.2) is 26.5 Å². The van der Waals surface area contributed by atoms with Crippen LogP contribution in [0.4, 0.5) is 16.0 Å². The van der Waals surface area contributed by atoms with E-state index in [-0.39, 0.29) is 28.9 Å². The summed E-state index contributed by atoms with van der Waals surface area (Å²) in [6, 6.07) is 13.3. The van der Waals surface area contributed by atoms with Crippen LogP contribution in [0.5, 0.6) is 11.5 Å². The Morgan fingerprint density at radius 3 is 2.59 bits per heavy atom. The molecular formula is C25H24FN5O3. The van der Waals surface area contributed by atoms with Crippen LogP contribution >= 0.6 is 0 Å². The number of nitrogens with zero attached hydrogens (tertiary/aromatic N) is 3. The maximum absolute atomic E-state index is 14.7. The first-order valence-electron chi connectivity index (χ1n) is 10.7. The number of nitrogens with one attached hydrogen (secondary N) is 2. The van der Waals surface area contributed by atoms with Crippen LogP contribution in [0.25, 0.3) is 22.2 Å². The molecule has 3 heterocycles. The van der Waals surface area contributed by atoms with Gasteiger partial charge in [0.25, 0.3) is 5.56 Å². The summed E-state index contributed by atoms with van der Waals surface area (Å²) >= 11 is 0. The first kappa shape index (κ1) is 22.9. The molecular weight excluding hydrogens is 437 g/mol. The van der Waals surface area contributed by atoms with Crippen LogP contribution in [0.2, 0.25) is 0 Å². The summed E-state index contributed by atoms with van der Waals surface area (Å²) in [7, 11) is 1.53. The van der Waals surface area contributed by atoms with Crippen LogP contribution in [0.15, 0.2) is 59.5 Å². The average molecular weight is 461 g/mol. The SMILES string of the molecule is CC(=O)Nc1cc(Oc2ccc3nc(-c4cc(F)c(NC(C)C)n(C)c4=O)ccc3c2)ccn1. The van der Waals surface area contributed by atoms with Crippen molar-refractivity contribution < 1.29 is 13.9 Å². The molecule has 0 unspecified atom stereocenters. The number of rotatable bonds is 6. The van der Waals surface area contributed by atoms with Gasteiger partial charge in [-0.2, -0.15) is 0 Å². The van der Waals surface area contributed by atoms with Crippen molar-refractivity contribution in [1.29, 1.82) is 0 Å². The number of hydrogen-bond acceptors (Lipinski definition) is 6. The Bertz CT molecular complexity index is 1450. The van der Waals surface area contributed by atoms with E-state index in [0.29, 0.717) is 28.5 Å². The summed E-state index contributed by atoms with van der Waals surface area (Å²) in [5, 5.41) is 6.35. The van der Waals surface area contributed by atoms with E-state index < -0.39 is 5.82 Å². The van der Waals surface area contributed by atoms with Gasteiger partial charge in [0.2, 0.25) is 5.91 Å². The molecule has 0 aliphatic heterocycles. The molecule has 9 heteroatoms. The lowest BCUT2D eigenvalue weighted by molar-refractivity contribution is -0.114. The van der Waals surface area contributed by atoms with Gasteiger partial charge in [0.05, 0.1) is 16.8 Å². The number of anilines is 2. The minimum atomic E-state index is -0.521. The molecule has 0 atom stereocenters. The van der Waals surface area contributed by atoms with Crippen LogP contribution in [-0.2, 0) is 11.8 Å². The fraction of sp³-hybridized carbons (Fsp3) is 0.200. The smallest absolute Gasteiger partial charge is 0.261 e. The molecule has 174 valence electrons. The van der Waals surface area contributed by atoms with Gasteiger partial charge in [0, 0.05) is 37.7 Å². The molecule has 4 aromatic rings. The molecule has 0 aliphatic carbocycles. The van der Waals surface area contributed by atoms with E-state index in [4.69, 9.17) is 4.74 Å². The lowest BCUT2D eigenvalue weighted by Gasteiger charge is -2.16. The zero-order valence-electron chi connectivity index (χ0n) is 19.2. The molecule has 0 aliphatic rings. The topological polar surface area (TPSA) is 98.1 Å². The maximum atomic E-state index is 14.7. The molecule has 2 N–H and O–H groups in total. The van der Waals surface area contributed by atoms with Gasteiger partial charge >= 0.3 is 0 Å². The lowest BCUT2D eigenvalue weighted by atomic mass is 10.1. The molecule has 1 amide bonds. The van der Waals surface area contributed by atoms with Crippen LogP contribution in [0.1, 0.15) is 20.8 Å². The van der Waals surface area contributed by atoms with Crippen LogP contribution in [0, 0.1) is 5.82 Å². The molecule has 0 spiro atoms. The number of aromatic nitrogens is 3. The summed E-state index contributed by atoms with van der Waals surface area (Å²) in [5.41, 5.74) is 0.846. The van der Waals surface area contributed by atoms with E-state index >= 15 is 0 Å². The van der Waals surface area contributed by atoms with E-state index in [9.17, 15) is 14.0 Å². The van der Waals surface area contributed by atoms with Crippen molar-refractivity contribution in [2.75, 3.05) is 10.6 Å². The quantitative estimate of drug-likeness (QED) is 0.432. The van der Waals surface area contributed by atoms with E-state index in [0.717, 1.165) is 5.39 Å². The number of carbonyl (C=O) groups is 1. The number of ether oxygens (including phenoxy) is 1. The second-order valence-corrected chi connectivity index (χ2v) is 8.13. The summed E-state index contributed by atoms with van der Waals surface area (Å²) in [4.78, 5) is 32.7. The van der Waals surface area contributed by atoms with Gasteiger partial charge in [0.1, 0.15) is 23.1 Å². The highest BCUT2D eigenvalue weighted by Crippen LogP contribution is 2.28. The third-order valence-corrected chi connectivity index (χ3v) is 5.00. The van der Waals surface area contributed by atoms with Crippen molar-refractivity contribution in [1.82, 2.24) is 14.5 Å². The van der Waals surface area contributed by atoms with E-state index in [1.807, 2.05) is 13.8 Å². The van der Waals surface area contributed by atoms with Gasteiger partial charge < -0.3 is 15.4 Å². The number of benzene rings is 1. The van der Waals surface area contributed by atoms with Gasteiger partial charge in [-0.3, -0.25) is 14.2 Å². The van der Waals surface area contributed by atoms with Crippen LogP contribution < -0.4 is 20.9 Å².